The lowest BCUT2D eigenvalue weighted by Crippen LogP contribution is -2.20. The summed E-state index contributed by atoms with van der Waals surface area (Å²) in [5.74, 6) is -0.305. The molecule has 1 fully saturated rings. The van der Waals surface area contributed by atoms with Crippen molar-refractivity contribution >= 4 is 5.97 Å². The Labute approximate surface area is 72.8 Å². The van der Waals surface area contributed by atoms with Crippen molar-refractivity contribution in [2.45, 2.75) is 31.7 Å². The van der Waals surface area contributed by atoms with Crippen molar-refractivity contribution < 1.29 is 9.53 Å². The van der Waals surface area contributed by atoms with E-state index in [4.69, 9.17) is 0 Å². The van der Waals surface area contributed by atoms with E-state index >= 15 is 0 Å². The van der Waals surface area contributed by atoms with Gasteiger partial charge in [-0.25, -0.2) is 4.79 Å². The van der Waals surface area contributed by atoms with Crippen molar-refractivity contribution in [2.75, 3.05) is 7.11 Å². The first-order chi connectivity index (χ1) is 5.83. The van der Waals surface area contributed by atoms with E-state index in [-0.39, 0.29) is 5.97 Å². The summed E-state index contributed by atoms with van der Waals surface area (Å²) in [7, 11) is 1.38. The Kier molecular flexibility index (Phi) is 3.64. The van der Waals surface area contributed by atoms with Crippen LogP contribution in [0.1, 0.15) is 25.7 Å². The van der Waals surface area contributed by atoms with Gasteiger partial charge in [0.1, 0.15) is 0 Å². The highest BCUT2D eigenvalue weighted by atomic mass is 16.5. The van der Waals surface area contributed by atoms with Gasteiger partial charge in [0.25, 0.3) is 0 Å². The summed E-state index contributed by atoms with van der Waals surface area (Å²) in [4.78, 5) is 10.6. The molecule has 0 atom stereocenters. The first kappa shape index (κ1) is 9.10. The van der Waals surface area contributed by atoms with Crippen molar-refractivity contribution in [1.82, 2.24) is 5.32 Å². The molecule has 1 aliphatic carbocycles. The summed E-state index contributed by atoms with van der Waals surface area (Å²) in [6, 6.07) is 0.561. The van der Waals surface area contributed by atoms with Gasteiger partial charge in [-0.15, -0.1) is 0 Å². The Morgan fingerprint density at radius 2 is 2.17 bits per heavy atom. The van der Waals surface area contributed by atoms with Crippen LogP contribution in [0.3, 0.4) is 0 Å². The predicted molar refractivity (Wildman–Crippen MR) is 46.5 cm³/mol. The highest BCUT2D eigenvalue weighted by Gasteiger charge is 2.12. The molecule has 0 bridgehead atoms. The number of esters is 1. The van der Waals surface area contributed by atoms with E-state index in [9.17, 15) is 4.79 Å². The molecule has 1 saturated carbocycles. The molecular formula is C9H15NO2. The Morgan fingerprint density at radius 3 is 2.75 bits per heavy atom. The number of hydrogen-bond donors (Lipinski definition) is 1. The van der Waals surface area contributed by atoms with Gasteiger partial charge < -0.3 is 10.1 Å². The lowest BCUT2D eigenvalue weighted by atomic mass is 10.2. The van der Waals surface area contributed by atoms with Crippen LogP contribution in [0.2, 0.25) is 0 Å². The third-order valence-corrected chi connectivity index (χ3v) is 2.11. The topological polar surface area (TPSA) is 38.3 Å². The molecule has 68 valence electrons. The first-order valence-corrected chi connectivity index (χ1v) is 4.33. The van der Waals surface area contributed by atoms with Crippen molar-refractivity contribution in [1.29, 1.82) is 0 Å². The lowest BCUT2D eigenvalue weighted by Gasteiger charge is -2.07. The molecule has 0 amide bonds. The van der Waals surface area contributed by atoms with Gasteiger partial charge in [0.05, 0.1) is 7.11 Å². The minimum absolute atomic E-state index is 0.305. The Morgan fingerprint density at radius 1 is 1.50 bits per heavy atom. The number of carbonyl (C=O) groups excluding carboxylic acids is 1. The molecule has 12 heavy (non-hydrogen) atoms. The van der Waals surface area contributed by atoms with Crippen molar-refractivity contribution in [3.63, 3.8) is 0 Å². The van der Waals surface area contributed by atoms with Crippen LogP contribution in [0.5, 0.6) is 0 Å². The highest BCUT2D eigenvalue weighted by Crippen LogP contribution is 2.17. The Balaban J connectivity index is 2.15. The zero-order valence-corrected chi connectivity index (χ0v) is 7.38. The van der Waals surface area contributed by atoms with E-state index < -0.39 is 0 Å². The van der Waals surface area contributed by atoms with Gasteiger partial charge >= 0.3 is 5.97 Å². The third-order valence-electron chi connectivity index (χ3n) is 2.11. The first-order valence-electron chi connectivity index (χ1n) is 4.33. The summed E-state index contributed by atoms with van der Waals surface area (Å²) in [6.07, 6.45) is 8.12. The van der Waals surface area contributed by atoms with Crippen LogP contribution in [0, 0.1) is 0 Å². The van der Waals surface area contributed by atoms with E-state index in [1.54, 1.807) is 6.20 Å². The average molecular weight is 169 g/mol. The maximum Gasteiger partial charge on any atom is 0.331 e. The molecular weight excluding hydrogens is 154 g/mol. The van der Waals surface area contributed by atoms with E-state index in [2.05, 4.69) is 10.1 Å². The number of nitrogens with one attached hydrogen (secondary N) is 1. The summed E-state index contributed by atoms with van der Waals surface area (Å²) in [6.45, 7) is 0. The molecule has 0 heterocycles. The van der Waals surface area contributed by atoms with Gasteiger partial charge in [0, 0.05) is 18.3 Å². The SMILES string of the molecule is COC(=O)/C=C/NC1CCCC1. The Bertz CT molecular complexity index is 171. The largest absolute Gasteiger partial charge is 0.466 e. The number of hydrogen-bond acceptors (Lipinski definition) is 3. The normalized spacial score (nSPS) is 18.4. The predicted octanol–water partition coefficient (Wildman–Crippen LogP) is 1.21. The van der Waals surface area contributed by atoms with Gasteiger partial charge in [-0.3, -0.25) is 0 Å². The van der Waals surface area contributed by atoms with Crippen molar-refractivity contribution in [2.24, 2.45) is 0 Å². The quantitative estimate of drug-likeness (QED) is 0.509. The van der Waals surface area contributed by atoms with Gasteiger partial charge in [0.2, 0.25) is 0 Å². The minimum Gasteiger partial charge on any atom is -0.466 e. The van der Waals surface area contributed by atoms with Crippen LogP contribution in [0.15, 0.2) is 12.3 Å². The van der Waals surface area contributed by atoms with Crippen LogP contribution >= 0.6 is 0 Å². The number of carbonyl (C=O) groups is 1. The average Bonchev–Trinajstić information content (AvgIpc) is 2.57. The summed E-state index contributed by atoms with van der Waals surface area (Å²) in [5, 5.41) is 3.17. The Hall–Kier alpha value is -0.990. The fraction of sp³-hybridized carbons (Fsp3) is 0.667. The molecule has 0 aliphatic heterocycles. The van der Waals surface area contributed by atoms with E-state index in [1.165, 1.54) is 38.9 Å². The second-order valence-corrected chi connectivity index (χ2v) is 3.00. The van der Waals surface area contributed by atoms with E-state index in [0.29, 0.717) is 6.04 Å². The number of rotatable bonds is 3. The standard InChI is InChI=1S/C9H15NO2/c1-12-9(11)6-7-10-8-4-2-3-5-8/h6-8,10H,2-5H2,1H3/b7-6+. The maximum absolute atomic E-state index is 10.6. The van der Waals surface area contributed by atoms with Crippen molar-refractivity contribution in [3.05, 3.63) is 12.3 Å². The molecule has 0 unspecified atom stereocenters. The molecule has 0 saturated heterocycles. The van der Waals surface area contributed by atoms with Gasteiger partial charge in [-0.2, -0.15) is 0 Å². The highest BCUT2D eigenvalue weighted by molar-refractivity contribution is 5.81. The van der Waals surface area contributed by atoms with Crippen LogP contribution in [0.25, 0.3) is 0 Å². The number of methoxy groups -OCH3 is 1. The molecule has 1 aliphatic rings. The molecule has 1 N–H and O–H groups in total. The molecule has 0 radical (unpaired) electrons. The summed E-state index contributed by atoms with van der Waals surface area (Å²) >= 11 is 0. The second-order valence-electron chi connectivity index (χ2n) is 3.00. The second kappa shape index (κ2) is 4.80. The van der Waals surface area contributed by atoms with Crippen LogP contribution in [0.4, 0.5) is 0 Å². The van der Waals surface area contributed by atoms with Crippen LogP contribution in [-0.4, -0.2) is 19.1 Å². The fourth-order valence-electron chi connectivity index (χ4n) is 1.41. The van der Waals surface area contributed by atoms with Crippen LogP contribution < -0.4 is 5.32 Å². The number of ether oxygens (including phenoxy) is 1. The molecule has 0 spiro atoms. The zero-order valence-electron chi connectivity index (χ0n) is 7.38. The van der Waals surface area contributed by atoms with E-state index in [1.807, 2.05) is 0 Å². The molecule has 0 aromatic carbocycles. The molecule has 0 aromatic rings. The lowest BCUT2D eigenvalue weighted by molar-refractivity contribution is -0.134. The third kappa shape index (κ3) is 2.95. The summed E-state index contributed by atoms with van der Waals surface area (Å²) < 4.78 is 4.45. The smallest absolute Gasteiger partial charge is 0.331 e. The monoisotopic (exact) mass is 169 g/mol. The van der Waals surface area contributed by atoms with Gasteiger partial charge in [-0.05, 0) is 12.8 Å². The minimum atomic E-state index is -0.305. The van der Waals surface area contributed by atoms with E-state index in [0.717, 1.165) is 0 Å². The maximum atomic E-state index is 10.6. The molecule has 3 nitrogen and oxygen atoms in total. The van der Waals surface area contributed by atoms with Crippen LogP contribution in [-0.2, 0) is 9.53 Å². The van der Waals surface area contributed by atoms with Gasteiger partial charge in [0.15, 0.2) is 0 Å². The molecule has 1 rings (SSSR count). The van der Waals surface area contributed by atoms with Gasteiger partial charge in [-0.1, -0.05) is 12.8 Å². The molecule has 0 aromatic heterocycles. The fourth-order valence-corrected chi connectivity index (χ4v) is 1.41. The molecule has 3 heteroatoms. The summed E-state index contributed by atoms with van der Waals surface area (Å²) in [5.41, 5.74) is 0. The zero-order chi connectivity index (χ0) is 8.81. The van der Waals surface area contributed by atoms with Crippen molar-refractivity contribution in [3.8, 4) is 0 Å².